The first-order valence-corrected chi connectivity index (χ1v) is 16.6. The van der Waals surface area contributed by atoms with Gasteiger partial charge in [-0.2, -0.15) is 5.10 Å². The van der Waals surface area contributed by atoms with Crippen molar-refractivity contribution in [1.82, 2.24) is 24.1 Å². The van der Waals surface area contributed by atoms with Gasteiger partial charge in [0.2, 0.25) is 0 Å². The number of likely N-dealkylation sites (tertiary alicyclic amines) is 1. The third-order valence-corrected chi connectivity index (χ3v) is 8.52. The molecule has 0 radical (unpaired) electrons. The van der Waals surface area contributed by atoms with Gasteiger partial charge in [-0.25, -0.2) is 9.31 Å². The van der Waals surface area contributed by atoms with Gasteiger partial charge >= 0.3 is 16.3 Å². The molecule has 2 aromatic carbocycles. The van der Waals surface area contributed by atoms with E-state index in [9.17, 15) is 29.0 Å². The van der Waals surface area contributed by atoms with Crippen LogP contribution in [0, 0.1) is 6.92 Å². The predicted molar refractivity (Wildman–Crippen MR) is 171 cm³/mol. The zero-order valence-corrected chi connectivity index (χ0v) is 27.0. The van der Waals surface area contributed by atoms with Crippen LogP contribution >= 0.6 is 10.2 Å². The van der Waals surface area contributed by atoms with E-state index in [4.69, 9.17) is 9.47 Å². The van der Waals surface area contributed by atoms with Crippen molar-refractivity contribution < 1.29 is 38.5 Å². The van der Waals surface area contributed by atoms with Crippen molar-refractivity contribution in [3.63, 3.8) is 0 Å². The summed E-state index contributed by atoms with van der Waals surface area (Å²) in [5.74, 6) is -1.66. The number of amides is 2. The first-order valence-electron chi connectivity index (χ1n) is 14.7. The monoisotopic (exact) mass is 690 g/mol. The molecule has 0 spiro atoms. The highest BCUT2D eigenvalue weighted by Gasteiger charge is 2.65. The second kappa shape index (κ2) is 10.7. The van der Waals surface area contributed by atoms with E-state index in [0.29, 0.717) is 17.0 Å². The van der Waals surface area contributed by atoms with E-state index in [-0.39, 0.29) is 30.9 Å². The third kappa shape index (κ3) is 7.07. The van der Waals surface area contributed by atoms with Gasteiger partial charge in [-0.05, 0) is 69.7 Å². The molecule has 254 valence electrons. The molecule has 48 heavy (non-hydrogen) atoms. The normalized spacial score (nSPS) is 15.4. The van der Waals surface area contributed by atoms with Crippen LogP contribution in [0.25, 0.3) is 22.6 Å². The van der Waals surface area contributed by atoms with E-state index in [0.717, 1.165) is 17.2 Å². The van der Waals surface area contributed by atoms with Gasteiger partial charge in [0.15, 0.2) is 0 Å². The van der Waals surface area contributed by atoms with Crippen molar-refractivity contribution in [1.29, 1.82) is 0 Å². The number of carbonyl (C=O) groups is 2. The molecule has 10 nitrogen and oxygen atoms in total. The number of aromatic nitrogens is 4. The molecule has 1 saturated heterocycles. The third-order valence-electron chi connectivity index (χ3n) is 7.39. The minimum atomic E-state index is -10.2. The van der Waals surface area contributed by atoms with Gasteiger partial charge in [0.05, 0.1) is 24.5 Å². The van der Waals surface area contributed by atoms with E-state index in [1.54, 1.807) is 74.3 Å². The molecular weight excluding hydrogens is 659 g/mol. The van der Waals surface area contributed by atoms with Crippen molar-refractivity contribution in [3.05, 3.63) is 90.5 Å². The Kier molecular flexibility index (Phi) is 7.31. The largest absolute Gasteiger partial charge is 0.487 e. The molecule has 0 atom stereocenters. The number of nitrogens with zero attached hydrogens (tertiary/aromatic N) is 5. The molecule has 1 fully saturated rings. The SMILES string of the molecule is Cc1ccc(NC(=O)c2cc(OC3CN(C(=O)OC(C)(C)C)C3)cc(S(F)(F)(F)(F)F)c2)cc1-n1ccn2nc(-c3cccnc3)cc12. The molecule has 1 aliphatic rings. The molecule has 5 aromatic rings. The van der Waals surface area contributed by atoms with Crippen LogP contribution in [0.15, 0.2) is 84.3 Å². The summed E-state index contributed by atoms with van der Waals surface area (Å²) in [6, 6.07) is 11.6. The van der Waals surface area contributed by atoms with Crippen LogP contribution in [0.5, 0.6) is 5.75 Å². The molecule has 0 saturated carbocycles. The number of ether oxygens (including phenoxy) is 2. The minimum absolute atomic E-state index is 0.0448. The molecule has 1 aliphatic heterocycles. The summed E-state index contributed by atoms with van der Waals surface area (Å²) in [6.45, 7) is 6.77. The second-order valence-corrected chi connectivity index (χ2v) is 14.9. The van der Waals surface area contributed by atoms with Gasteiger partial charge in [-0.3, -0.25) is 14.3 Å². The maximum atomic E-state index is 14.0. The smallest absolute Gasteiger partial charge is 0.410 e. The standard InChI is InChI=1S/C32H31F5N6O4S/c1-20-7-8-23(14-28(20)42-10-11-43-29(42)16-27(40-43)21-6-5-9-38-17-21)39-30(44)22-12-24(15-26(13-22)48(33,34,35,36)37)46-25-18-41(19-25)31(45)47-32(2,3)4/h5-17,25H,18-19H2,1-4H3,(H,39,44). The highest BCUT2D eigenvalue weighted by Crippen LogP contribution is 3.02. The number of anilines is 1. The number of hydrogen-bond acceptors (Lipinski definition) is 6. The molecule has 16 heteroatoms. The summed E-state index contributed by atoms with van der Waals surface area (Å²) < 4.78 is 84.1. The van der Waals surface area contributed by atoms with Gasteiger partial charge in [0.25, 0.3) is 5.91 Å². The fourth-order valence-electron chi connectivity index (χ4n) is 5.06. The van der Waals surface area contributed by atoms with E-state index in [1.165, 1.54) is 4.90 Å². The molecule has 0 bridgehead atoms. The molecule has 0 unspecified atom stereocenters. The van der Waals surface area contributed by atoms with Crippen LogP contribution in [-0.4, -0.2) is 60.9 Å². The van der Waals surface area contributed by atoms with Gasteiger partial charge in [0, 0.05) is 53.7 Å². The second-order valence-electron chi connectivity index (χ2n) is 12.5. The summed E-state index contributed by atoms with van der Waals surface area (Å²) in [5, 5.41) is 7.09. The van der Waals surface area contributed by atoms with Crippen molar-refractivity contribution in [2.45, 2.75) is 44.3 Å². The van der Waals surface area contributed by atoms with Crippen LogP contribution in [0.2, 0.25) is 0 Å². The Balaban J connectivity index is 1.25. The van der Waals surface area contributed by atoms with Crippen molar-refractivity contribution in [3.8, 4) is 22.7 Å². The number of aryl methyl sites for hydroxylation is 1. The van der Waals surface area contributed by atoms with E-state index in [2.05, 4.69) is 15.4 Å². The van der Waals surface area contributed by atoms with E-state index >= 15 is 0 Å². The number of imidazole rings is 1. The zero-order chi connectivity index (χ0) is 34.7. The Morgan fingerprint density at radius 2 is 1.73 bits per heavy atom. The van der Waals surface area contributed by atoms with Gasteiger partial charge in [-0.1, -0.05) is 25.5 Å². The Morgan fingerprint density at radius 1 is 0.979 bits per heavy atom. The van der Waals surface area contributed by atoms with Crippen molar-refractivity contribution >= 4 is 33.6 Å². The molecular formula is C32H31F5N6O4S. The van der Waals surface area contributed by atoms with Gasteiger partial charge in [0.1, 0.15) is 28.0 Å². The average molecular weight is 691 g/mol. The highest BCUT2D eigenvalue weighted by atomic mass is 32.5. The first-order chi connectivity index (χ1) is 22.2. The Hall–Kier alpha value is -5.12. The minimum Gasteiger partial charge on any atom is -0.487 e. The fraction of sp³-hybridized carbons (Fsp3) is 0.250. The topological polar surface area (TPSA) is 103 Å². The van der Waals surface area contributed by atoms with E-state index < -0.39 is 50.1 Å². The number of hydrogen-bond donors (Lipinski definition) is 1. The number of carbonyl (C=O) groups excluding carboxylic acids is 2. The van der Waals surface area contributed by atoms with Crippen LogP contribution in [-0.2, 0) is 4.74 Å². The Bertz CT molecular complexity index is 2050. The summed E-state index contributed by atoms with van der Waals surface area (Å²) in [6.07, 6.45) is 5.38. The molecule has 0 aliphatic carbocycles. The number of benzene rings is 2. The summed E-state index contributed by atoms with van der Waals surface area (Å²) in [5.41, 5.74) is 2.34. The van der Waals surface area contributed by atoms with Crippen molar-refractivity contribution in [2.75, 3.05) is 18.4 Å². The first kappa shape index (κ1) is 32.8. The quantitative estimate of drug-likeness (QED) is 0.172. The molecule has 2 amide bonds. The Morgan fingerprint density at radius 3 is 2.40 bits per heavy atom. The number of rotatable bonds is 7. The summed E-state index contributed by atoms with van der Waals surface area (Å²) in [4.78, 5) is 28.6. The van der Waals surface area contributed by atoms with Crippen molar-refractivity contribution in [2.24, 2.45) is 0 Å². The fourth-order valence-corrected chi connectivity index (χ4v) is 5.75. The zero-order valence-electron chi connectivity index (χ0n) is 26.2. The van der Waals surface area contributed by atoms with Gasteiger partial charge < -0.3 is 19.7 Å². The molecule has 4 heterocycles. The highest BCUT2D eigenvalue weighted by molar-refractivity contribution is 8.45. The molecule has 3 aromatic heterocycles. The Labute approximate surface area is 271 Å². The molecule has 1 N–H and O–H groups in total. The number of fused-ring (bicyclic) bond motifs is 1. The maximum absolute atomic E-state index is 14.0. The lowest BCUT2D eigenvalue weighted by atomic mass is 10.1. The lowest BCUT2D eigenvalue weighted by Crippen LogP contribution is -2.57. The number of halogens is 5. The van der Waals surface area contributed by atoms with Crippen LogP contribution < -0.4 is 10.1 Å². The van der Waals surface area contributed by atoms with E-state index in [1.807, 2.05) is 23.6 Å². The summed E-state index contributed by atoms with van der Waals surface area (Å²) in [7, 11) is -10.2. The average Bonchev–Trinajstić information content (AvgIpc) is 3.55. The van der Waals surface area contributed by atoms with Gasteiger partial charge in [-0.15, -0.1) is 0 Å². The lowest BCUT2D eigenvalue weighted by Gasteiger charge is -2.41. The predicted octanol–water partition coefficient (Wildman–Crippen LogP) is 8.40. The summed E-state index contributed by atoms with van der Waals surface area (Å²) >= 11 is 0. The maximum Gasteiger partial charge on any atom is 0.410 e. The van der Waals surface area contributed by atoms with Crippen LogP contribution in [0.4, 0.5) is 29.9 Å². The lowest BCUT2D eigenvalue weighted by molar-refractivity contribution is -0.0222. The number of nitrogens with one attached hydrogen (secondary N) is 1. The molecule has 6 rings (SSSR count). The van der Waals surface area contributed by atoms with Crippen LogP contribution in [0.3, 0.4) is 0 Å². The number of pyridine rings is 1. The van der Waals surface area contributed by atoms with Crippen LogP contribution in [0.1, 0.15) is 36.7 Å².